The predicted molar refractivity (Wildman–Crippen MR) is 130 cm³/mol. The second kappa shape index (κ2) is 14.7. The van der Waals surface area contributed by atoms with E-state index in [1.807, 2.05) is 19.9 Å². The third-order valence-electron chi connectivity index (χ3n) is 4.90. The summed E-state index contributed by atoms with van der Waals surface area (Å²) in [5.74, 6) is 1.68. The minimum atomic E-state index is -0.250. The molecule has 0 radical (unpaired) electrons. The third kappa shape index (κ3) is 10.0. The molecule has 0 aliphatic carbocycles. The van der Waals surface area contributed by atoms with Gasteiger partial charge in [-0.3, -0.25) is 9.79 Å². The number of allylic oxidation sites excluding steroid dienone is 3. The van der Waals surface area contributed by atoms with E-state index in [1.54, 1.807) is 23.9 Å². The molecular weight excluding hydrogens is 415 g/mol. The van der Waals surface area contributed by atoms with E-state index in [-0.39, 0.29) is 24.4 Å². The van der Waals surface area contributed by atoms with Gasteiger partial charge in [-0.1, -0.05) is 25.5 Å². The second-order valence-corrected chi connectivity index (χ2v) is 8.42. The number of nitrogens with one attached hydrogen (secondary N) is 1. The summed E-state index contributed by atoms with van der Waals surface area (Å²) >= 11 is 1.78. The Hall–Kier alpha value is -2.28. The average Bonchev–Trinajstić information content (AvgIpc) is 3.18. The Kier molecular flexibility index (Phi) is 12.7. The number of aryl methyl sites for hydroxylation is 1. The second-order valence-electron chi connectivity index (χ2n) is 7.32. The van der Waals surface area contributed by atoms with Gasteiger partial charge >= 0.3 is 0 Å². The van der Waals surface area contributed by atoms with Crippen LogP contribution in [-0.2, 0) is 9.53 Å². The van der Waals surface area contributed by atoms with Crippen molar-refractivity contribution in [3.8, 4) is 0 Å². The summed E-state index contributed by atoms with van der Waals surface area (Å²) in [4.78, 5) is 13.2. The van der Waals surface area contributed by atoms with Crippen LogP contribution in [0.4, 0.5) is 10.1 Å². The molecule has 0 saturated carbocycles. The Morgan fingerprint density at radius 3 is 2.71 bits per heavy atom. The van der Waals surface area contributed by atoms with Gasteiger partial charge in [-0.15, -0.1) is 11.8 Å². The molecule has 1 aromatic carbocycles. The first-order valence-electron chi connectivity index (χ1n) is 10.6. The van der Waals surface area contributed by atoms with Gasteiger partial charge in [0.15, 0.2) is 0 Å². The highest BCUT2D eigenvalue weighted by Gasteiger charge is 2.21. The molecule has 0 bridgehead atoms. The smallest absolute Gasteiger partial charge is 0.290 e. The molecule has 172 valence electrons. The molecule has 0 amide bonds. The largest absolute Gasteiger partial charge is 0.487 e. The van der Waals surface area contributed by atoms with Crippen LogP contribution in [0, 0.1) is 12.7 Å². The maximum Gasteiger partial charge on any atom is 0.290 e. The Bertz CT molecular complexity index is 787. The van der Waals surface area contributed by atoms with Crippen LogP contribution in [0.25, 0.3) is 0 Å². The standard InChI is InChI=1S/C23H33FN2OS.CH2O2/c1-6-18(7-2)12-21(8-3)27-14-23-26-20(15-28-23)11-17(5)25-22-13-19(24)10-9-16(22)4;2-1-3/h8-10,12-13,17,20,25H,6-7,11,14-15H2,1-5H3;1H,(H,2,3)/b21-8+;. The summed E-state index contributed by atoms with van der Waals surface area (Å²) in [6.45, 7) is 10.7. The van der Waals surface area contributed by atoms with Gasteiger partial charge in [0.2, 0.25) is 0 Å². The van der Waals surface area contributed by atoms with Crippen molar-refractivity contribution < 1.29 is 19.0 Å². The predicted octanol–water partition coefficient (Wildman–Crippen LogP) is 6.21. The van der Waals surface area contributed by atoms with Crippen molar-refractivity contribution in [3.05, 3.63) is 53.1 Å². The number of hydrogen-bond acceptors (Lipinski definition) is 5. The molecule has 1 aliphatic heterocycles. The van der Waals surface area contributed by atoms with Crippen LogP contribution in [-0.4, -0.2) is 41.1 Å². The fraction of sp³-hybridized carbons (Fsp3) is 0.500. The van der Waals surface area contributed by atoms with Crippen LogP contribution in [0.15, 0.2) is 46.7 Å². The first-order chi connectivity index (χ1) is 14.9. The Labute approximate surface area is 189 Å². The molecule has 2 atom stereocenters. The van der Waals surface area contributed by atoms with Crippen LogP contribution in [0.1, 0.15) is 52.5 Å². The van der Waals surface area contributed by atoms with Gasteiger partial charge in [0, 0.05) is 17.5 Å². The van der Waals surface area contributed by atoms with Crippen molar-refractivity contribution >= 4 is 29.0 Å². The van der Waals surface area contributed by atoms with Gasteiger partial charge in [0.25, 0.3) is 6.47 Å². The summed E-state index contributed by atoms with van der Waals surface area (Å²) in [5, 5.41) is 11.4. The number of thioether (sulfide) groups is 1. The number of nitrogens with zero attached hydrogens (tertiary/aromatic N) is 1. The van der Waals surface area contributed by atoms with Gasteiger partial charge in [0.1, 0.15) is 23.2 Å². The Morgan fingerprint density at radius 1 is 1.42 bits per heavy atom. The first-order valence-corrected chi connectivity index (χ1v) is 11.6. The molecular formula is C24H35FN2O3S. The number of ether oxygens (including phenoxy) is 1. The number of anilines is 1. The first kappa shape index (κ1) is 26.8. The minimum absolute atomic E-state index is 0.211. The Morgan fingerprint density at radius 2 is 2.10 bits per heavy atom. The number of benzene rings is 1. The van der Waals surface area contributed by atoms with Gasteiger partial charge in [-0.05, 0) is 69.9 Å². The summed E-state index contributed by atoms with van der Waals surface area (Å²) in [6, 6.07) is 5.35. The van der Waals surface area contributed by atoms with Crippen LogP contribution in [0.2, 0.25) is 0 Å². The zero-order valence-electron chi connectivity index (χ0n) is 19.2. The highest BCUT2D eigenvalue weighted by molar-refractivity contribution is 8.14. The number of aliphatic imine (C=N–C) groups is 1. The lowest BCUT2D eigenvalue weighted by Crippen LogP contribution is -2.22. The summed E-state index contributed by atoms with van der Waals surface area (Å²) < 4.78 is 19.4. The van der Waals surface area contributed by atoms with Crippen molar-refractivity contribution in [1.29, 1.82) is 0 Å². The van der Waals surface area contributed by atoms with Crippen LogP contribution >= 0.6 is 11.8 Å². The fourth-order valence-corrected chi connectivity index (χ4v) is 4.12. The van der Waals surface area contributed by atoms with Gasteiger partial charge < -0.3 is 15.2 Å². The molecule has 2 unspecified atom stereocenters. The van der Waals surface area contributed by atoms with Crippen molar-refractivity contribution in [2.24, 2.45) is 4.99 Å². The highest BCUT2D eigenvalue weighted by atomic mass is 32.2. The zero-order valence-corrected chi connectivity index (χ0v) is 20.0. The number of carboxylic acid groups (broad SMARTS) is 1. The normalized spacial score (nSPS) is 16.5. The number of rotatable bonds is 10. The fourth-order valence-electron chi connectivity index (χ4n) is 3.16. The van der Waals surface area contributed by atoms with Crippen LogP contribution < -0.4 is 5.32 Å². The molecule has 31 heavy (non-hydrogen) atoms. The van der Waals surface area contributed by atoms with E-state index in [0.29, 0.717) is 6.61 Å². The monoisotopic (exact) mass is 450 g/mol. The molecule has 1 aromatic rings. The van der Waals surface area contributed by atoms with E-state index < -0.39 is 0 Å². The summed E-state index contributed by atoms with van der Waals surface area (Å²) in [6.07, 6.45) is 7.16. The minimum Gasteiger partial charge on any atom is -0.487 e. The van der Waals surface area contributed by atoms with E-state index in [9.17, 15) is 4.39 Å². The van der Waals surface area contributed by atoms with E-state index >= 15 is 0 Å². The van der Waals surface area contributed by atoms with E-state index in [2.05, 4.69) is 32.2 Å². The SMILES string of the molecule is C/C=C(\C=C(CC)CC)OCC1=NC(CC(C)Nc2cc(F)ccc2C)CS1.O=CO. The Balaban J connectivity index is 0.00000151. The summed E-state index contributed by atoms with van der Waals surface area (Å²) in [7, 11) is 0. The maximum absolute atomic E-state index is 13.5. The molecule has 2 N–H and O–H groups in total. The van der Waals surface area contributed by atoms with Crippen LogP contribution in [0.3, 0.4) is 0 Å². The van der Waals surface area contributed by atoms with Crippen molar-refractivity contribution in [3.63, 3.8) is 0 Å². The zero-order chi connectivity index (χ0) is 23.2. The lowest BCUT2D eigenvalue weighted by Gasteiger charge is -2.19. The topological polar surface area (TPSA) is 70.9 Å². The van der Waals surface area contributed by atoms with Crippen molar-refractivity contribution in [2.45, 2.75) is 66.0 Å². The molecule has 0 spiro atoms. The maximum atomic E-state index is 13.5. The molecule has 7 heteroatoms. The number of carbonyl (C=O) groups is 1. The molecule has 0 aromatic heterocycles. The lowest BCUT2D eigenvalue weighted by atomic mass is 10.1. The van der Waals surface area contributed by atoms with Gasteiger partial charge in [0.05, 0.1) is 6.04 Å². The third-order valence-corrected chi connectivity index (χ3v) is 6.01. The van der Waals surface area contributed by atoms with Crippen molar-refractivity contribution in [2.75, 3.05) is 17.7 Å². The molecule has 2 rings (SSSR count). The highest BCUT2D eigenvalue weighted by Crippen LogP contribution is 2.24. The lowest BCUT2D eigenvalue weighted by molar-refractivity contribution is -0.122. The van der Waals surface area contributed by atoms with Gasteiger partial charge in [-0.2, -0.15) is 0 Å². The quantitative estimate of drug-likeness (QED) is 0.252. The van der Waals surface area contributed by atoms with Gasteiger partial charge in [-0.25, -0.2) is 4.39 Å². The molecule has 5 nitrogen and oxygen atoms in total. The molecule has 1 aliphatic rings. The average molecular weight is 451 g/mol. The molecule has 0 fully saturated rings. The summed E-state index contributed by atoms with van der Waals surface area (Å²) in [5.41, 5.74) is 3.30. The molecule has 0 saturated heterocycles. The van der Waals surface area contributed by atoms with Crippen LogP contribution in [0.5, 0.6) is 0 Å². The van der Waals surface area contributed by atoms with E-state index in [0.717, 1.165) is 47.1 Å². The number of hydrogen-bond donors (Lipinski definition) is 2. The van der Waals surface area contributed by atoms with E-state index in [4.69, 9.17) is 19.6 Å². The molecule has 1 heterocycles. The van der Waals surface area contributed by atoms with E-state index in [1.165, 1.54) is 11.6 Å². The van der Waals surface area contributed by atoms with Crippen molar-refractivity contribution in [1.82, 2.24) is 0 Å². The number of halogens is 1.